The van der Waals surface area contributed by atoms with Gasteiger partial charge in [0.15, 0.2) is 5.82 Å². The third kappa shape index (κ3) is 3.61. The zero-order valence-corrected chi connectivity index (χ0v) is 10.3. The van der Waals surface area contributed by atoms with Crippen LogP contribution in [0, 0.1) is 0 Å². The van der Waals surface area contributed by atoms with Crippen LogP contribution in [0.2, 0.25) is 0 Å². The van der Waals surface area contributed by atoms with Gasteiger partial charge >= 0.3 is 6.61 Å². The van der Waals surface area contributed by atoms with Crippen LogP contribution < -0.4 is 10.1 Å². The van der Waals surface area contributed by atoms with Crippen LogP contribution in [0.5, 0.6) is 5.75 Å². The maximum atomic E-state index is 12.0. The van der Waals surface area contributed by atoms with Crippen molar-refractivity contribution in [3.63, 3.8) is 0 Å². The quantitative estimate of drug-likeness (QED) is 0.902. The Morgan fingerprint density at radius 1 is 1.21 bits per heavy atom. The summed E-state index contributed by atoms with van der Waals surface area (Å²) in [7, 11) is 0. The third-order valence-electron chi connectivity index (χ3n) is 2.35. The standard InChI is InChI=1S/C13H13F2N3O/c1-2-16-11-7-8-17-12(18-11)9-3-5-10(6-4-9)19-13(14)15/h3-8,13H,2H2,1H3,(H,16,17,18). The summed E-state index contributed by atoms with van der Waals surface area (Å²) >= 11 is 0. The Kier molecular flexibility index (Phi) is 4.22. The zero-order valence-electron chi connectivity index (χ0n) is 10.3. The first-order valence-electron chi connectivity index (χ1n) is 5.81. The molecule has 1 aromatic carbocycles. The molecule has 0 fully saturated rings. The van der Waals surface area contributed by atoms with Crippen molar-refractivity contribution >= 4 is 5.82 Å². The molecule has 4 nitrogen and oxygen atoms in total. The van der Waals surface area contributed by atoms with Gasteiger partial charge in [-0.1, -0.05) is 0 Å². The highest BCUT2D eigenvalue weighted by molar-refractivity contribution is 5.57. The monoisotopic (exact) mass is 265 g/mol. The van der Waals surface area contributed by atoms with Crippen molar-refractivity contribution in [2.24, 2.45) is 0 Å². The van der Waals surface area contributed by atoms with Crippen LogP contribution in [0.25, 0.3) is 11.4 Å². The van der Waals surface area contributed by atoms with Crippen molar-refractivity contribution in [2.45, 2.75) is 13.5 Å². The molecule has 1 heterocycles. The molecule has 0 bridgehead atoms. The summed E-state index contributed by atoms with van der Waals surface area (Å²) < 4.78 is 28.3. The Labute approximate surface area is 109 Å². The van der Waals surface area contributed by atoms with E-state index in [2.05, 4.69) is 20.0 Å². The van der Waals surface area contributed by atoms with Gasteiger partial charge in [0, 0.05) is 18.3 Å². The van der Waals surface area contributed by atoms with Crippen molar-refractivity contribution in [1.29, 1.82) is 0 Å². The van der Waals surface area contributed by atoms with E-state index in [1.807, 2.05) is 6.92 Å². The summed E-state index contributed by atoms with van der Waals surface area (Å²) in [6.45, 7) is -0.0882. The molecule has 2 rings (SSSR count). The molecule has 0 radical (unpaired) electrons. The Morgan fingerprint density at radius 3 is 2.58 bits per heavy atom. The zero-order chi connectivity index (χ0) is 13.7. The van der Waals surface area contributed by atoms with Gasteiger partial charge in [-0.05, 0) is 37.3 Å². The average molecular weight is 265 g/mol. The largest absolute Gasteiger partial charge is 0.435 e. The summed E-state index contributed by atoms with van der Waals surface area (Å²) in [5.74, 6) is 1.36. The van der Waals surface area contributed by atoms with Gasteiger partial charge in [-0.2, -0.15) is 8.78 Å². The summed E-state index contributed by atoms with van der Waals surface area (Å²) in [5, 5.41) is 3.08. The summed E-state index contributed by atoms with van der Waals surface area (Å²) in [4.78, 5) is 8.45. The molecule has 0 saturated carbocycles. The first kappa shape index (κ1) is 13.2. The second-order valence-electron chi connectivity index (χ2n) is 3.70. The minimum absolute atomic E-state index is 0.113. The number of halogens is 2. The number of benzene rings is 1. The van der Waals surface area contributed by atoms with Gasteiger partial charge in [-0.3, -0.25) is 0 Å². The van der Waals surface area contributed by atoms with Crippen LogP contribution in [0.3, 0.4) is 0 Å². The number of aromatic nitrogens is 2. The summed E-state index contributed by atoms with van der Waals surface area (Å²) in [6, 6.07) is 7.97. The minimum atomic E-state index is -2.82. The predicted molar refractivity (Wildman–Crippen MR) is 68.3 cm³/mol. The van der Waals surface area contributed by atoms with E-state index in [4.69, 9.17) is 0 Å². The summed E-state index contributed by atoms with van der Waals surface area (Å²) in [6.07, 6.45) is 1.64. The van der Waals surface area contributed by atoms with Gasteiger partial charge in [-0.25, -0.2) is 9.97 Å². The van der Waals surface area contributed by atoms with Crippen molar-refractivity contribution in [3.8, 4) is 17.1 Å². The topological polar surface area (TPSA) is 47.0 Å². The van der Waals surface area contributed by atoms with Crippen LogP contribution in [0.1, 0.15) is 6.92 Å². The van der Waals surface area contributed by atoms with E-state index in [1.54, 1.807) is 24.4 Å². The average Bonchev–Trinajstić information content (AvgIpc) is 2.40. The number of ether oxygens (including phenoxy) is 1. The number of alkyl halides is 2. The Bertz CT molecular complexity index is 532. The molecule has 2 aromatic rings. The molecule has 0 spiro atoms. The van der Waals surface area contributed by atoms with E-state index in [1.165, 1.54) is 12.1 Å². The van der Waals surface area contributed by atoms with Gasteiger partial charge in [0.1, 0.15) is 11.6 Å². The van der Waals surface area contributed by atoms with Gasteiger partial charge in [-0.15, -0.1) is 0 Å². The number of nitrogens with zero attached hydrogens (tertiary/aromatic N) is 2. The molecule has 0 amide bonds. The molecule has 1 N–H and O–H groups in total. The number of anilines is 1. The van der Waals surface area contributed by atoms with Gasteiger partial charge in [0.25, 0.3) is 0 Å². The number of hydrogen-bond donors (Lipinski definition) is 1. The van der Waals surface area contributed by atoms with Crippen molar-refractivity contribution in [1.82, 2.24) is 9.97 Å². The van der Waals surface area contributed by atoms with E-state index in [0.29, 0.717) is 5.82 Å². The smallest absolute Gasteiger partial charge is 0.387 e. The van der Waals surface area contributed by atoms with Gasteiger partial charge in [0.05, 0.1) is 0 Å². The molecule has 0 atom stereocenters. The molecule has 0 unspecified atom stereocenters. The molecule has 0 aliphatic rings. The van der Waals surface area contributed by atoms with E-state index in [9.17, 15) is 8.78 Å². The minimum Gasteiger partial charge on any atom is -0.435 e. The highest BCUT2D eigenvalue weighted by Gasteiger charge is 2.06. The first-order chi connectivity index (χ1) is 9.19. The fourth-order valence-corrected chi connectivity index (χ4v) is 1.56. The second-order valence-corrected chi connectivity index (χ2v) is 3.70. The molecule has 0 aliphatic carbocycles. The molecular formula is C13H13F2N3O. The number of rotatable bonds is 5. The molecule has 6 heteroatoms. The molecule has 0 saturated heterocycles. The lowest BCUT2D eigenvalue weighted by Crippen LogP contribution is -2.02. The fraction of sp³-hybridized carbons (Fsp3) is 0.231. The molecule has 1 aromatic heterocycles. The SMILES string of the molecule is CCNc1ccnc(-c2ccc(OC(F)F)cc2)n1. The fourth-order valence-electron chi connectivity index (χ4n) is 1.56. The lowest BCUT2D eigenvalue weighted by atomic mass is 10.2. The van der Waals surface area contributed by atoms with Crippen molar-refractivity contribution in [3.05, 3.63) is 36.5 Å². The molecule has 0 aliphatic heterocycles. The van der Waals surface area contributed by atoms with E-state index < -0.39 is 6.61 Å². The van der Waals surface area contributed by atoms with Crippen LogP contribution in [0.4, 0.5) is 14.6 Å². The van der Waals surface area contributed by atoms with Crippen LogP contribution in [-0.2, 0) is 0 Å². The first-order valence-corrected chi connectivity index (χ1v) is 5.81. The molecular weight excluding hydrogens is 252 g/mol. The second kappa shape index (κ2) is 6.08. The van der Waals surface area contributed by atoms with Gasteiger partial charge < -0.3 is 10.1 Å². The van der Waals surface area contributed by atoms with Crippen molar-refractivity contribution < 1.29 is 13.5 Å². The maximum Gasteiger partial charge on any atom is 0.387 e. The lowest BCUT2D eigenvalue weighted by Gasteiger charge is -2.06. The van der Waals surface area contributed by atoms with Crippen molar-refractivity contribution in [2.75, 3.05) is 11.9 Å². The van der Waals surface area contributed by atoms with E-state index in [0.717, 1.165) is 17.9 Å². The predicted octanol–water partition coefficient (Wildman–Crippen LogP) is 3.18. The maximum absolute atomic E-state index is 12.0. The molecule has 100 valence electrons. The number of nitrogens with one attached hydrogen (secondary N) is 1. The van der Waals surface area contributed by atoms with Crippen LogP contribution >= 0.6 is 0 Å². The normalized spacial score (nSPS) is 10.5. The van der Waals surface area contributed by atoms with E-state index >= 15 is 0 Å². The van der Waals surface area contributed by atoms with E-state index in [-0.39, 0.29) is 5.75 Å². The van der Waals surface area contributed by atoms with Gasteiger partial charge in [0.2, 0.25) is 0 Å². The Morgan fingerprint density at radius 2 is 1.95 bits per heavy atom. The number of hydrogen-bond acceptors (Lipinski definition) is 4. The highest BCUT2D eigenvalue weighted by atomic mass is 19.3. The Balaban J connectivity index is 2.19. The molecule has 19 heavy (non-hydrogen) atoms. The highest BCUT2D eigenvalue weighted by Crippen LogP contribution is 2.21. The lowest BCUT2D eigenvalue weighted by molar-refractivity contribution is -0.0498. The summed E-state index contributed by atoms with van der Waals surface area (Å²) in [5.41, 5.74) is 0.737. The third-order valence-corrected chi connectivity index (χ3v) is 2.35. The Hall–Kier alpha value is -2.24. The van der Waals surface area contributed by atoms with Crippen LogP contribution in [0.15, 0.2) is 36.5 Å². The van der Waals surface area contributed by atoms with Crippen LogP contribution in [-0.4, -0.2) is 23.1 Å².